The van der Waals surface area contributed by atoms with Crippen LogP contribution in [0.5, 0.6) is 0 Å². The molecule has 1 saturated heterocycles. The Hall–Kier alpha value is -3.97. The fourth-order valence-corrected chi connectivity index (χ4v) is 5.58. The summed E-state index contributed by atoms with van der Waals surface area (Å²) in [4.78, 5) is 19.8. The van der Waals surface area contributed by atoms with Crippen molar-refractivity contribution in [3.8, 4) is 5.69 Å². The molecule has 0 aliphatic carbocycles. The van der Waals surface area contributed by atoms with Crippen LogP contribution in [0.25, 0.3) is 5.69 Å². The van der Waals surface area contributed by atoms with Crippen molar-refractivity contribution >= 4 is 28.9 Å². The van der Waals surface area contributed by atoms with Gasteiger partial charge in [0.1, 0.15) is 6.54 Å². The van der Waals surface area contributed by atoms with Crippen molar-refractivity contribution in [1.29, 1.82) is 0 Å². The van der Waals surface area contributed by atoms with Crippen LogP contribution in [-0.2, 0) is 11.2 Å². The molecule has 1 amide bonds. The number of amides is 1. The van der Waals surface area contributed by atoms with E-state index in [2.05, 4.69) is 71.3 Å². The molecule has 0 saturated carbocycles. The fourth-order valence-electron chi connectivity index (χ4n) is 5.28. The van der Waals surface area contributed by atoms with Gasteiger partial charge in [-0.25, -0.2) is 0 Å². The lowest BCUT2D eigenvalue weighted by Gasteiger charge is -2.27. The van der Waals surface area contributed by atoms with Gasteiger partial charge in [-0.05, 0) is 80.0 Å². The first-order chi connectivity index (χ1) is 18.0. The lowest BCUT2D eigenvalue weighted by atomic mass is 9.96. The van der Waals surface area contributed by atoms with Gasteiger partial charge in [0.25, 0.3) is 0 Å². The summed E-state index contributed by atoms with van der Waals surface area (Å²) in [7, 11) is 0. The van der Waals surface area contributed by atoms with E-state index in [0.717, 1.165) is 34.8 Å². The van der Waals surface area contributed by atoms with Gasteiger partial charge in [-0.15, -0.1) is 0 Å². The standard InChI is InChI=1S/C30H31N5OS/c1-4-22-12-8-9-16-26(22)35-20(2)18-24(21(35)3)29-28(25-15-10-11-17-31-25)33-30(37)34(29)19-27(36)32-23-13-6-5-7-14-23/h5-18,28-29H,4,19H2,1-3H3,(H,32,36)(H,33,37)/t28-,29-/m0/s1. The molecule has 2 atom stereocenters. The molecule has 4 aromatic rings. The van der Waals surface area contributed by atoms with Gasteiger partial charge in [-0.3, -0.25) is 9.78 Å². The smallest absolute Gasteiger partial charge is 0.244 e. The molecule has 5 rings (SSSR count). The number of nitrogens with zero attached hydrogens (tertiary/aromatic N) is 3. The molecular formula is C30H31N5OS. The van der Waals surface area contributed by atoms with Gasteiger partial charge < -0.3 is 20.1 Å². The molecule has 2 aromatic carbocycles. The summed E-state index contributed by atoms with van der Waals surface area (Å²) in [5, 5.41) is 7.01. The average Bonchev–Trinajstić information content (AvgIpc) is 3.39. The van der Waals surface area contributed by atoms with E-state index >= 15 is 0 Å². The highest BCUT2D eigenvalue weighted by molar-refractivity contribution is 7.80. The van der Waals surface area contributed by atoms with Crippen molar-refractivity contribution < 1.29 is 4.79 Å². The number of hydrogen-bond acceptors (Lipinski definition) is 3. The number of carbonyl (C=O) groups is 1. The van der Waals surface area contributed by atoms with E-state index in [9.17, 15) is 4.79 Å². The third-order valence-electron chi connectivity index (χ3n) is 6.97. The zero-order valence-corrected chi connectivity index (χ0v) is 22.1. The van der Waals surface area contributed by atoms with Crippen LogP contribution in [0, 0.1) is 13.8 Å². The number of pyridine rings is 1. The zero-order valence-electron chi connectivity index (χ0n) is 21.3. The van der Waals surface area contributed by atoms with Crippen LogP contribution in [0.4, 0.5) is 5.69 Å². The Bertz CT molecular complexity index is 1420. The van der Waals surface area contributed by atoms with Gasteiger partial charge in [0.15, 0.2) is 5.11 Å². The number of thiocarbonyl (C=S) groups is 1. The molecule has 1 fully saturated rings. The van der Waals surface area contributed by atoms with Gasteiger partial charge in [-0.2, -0.15) is 0 Å². The number of anilines is 1. The Morgan fingerprint density at radius 3 is 2.49 bits per heavy atom. The summed E-state index contributed by atoms with van der Waals surface area (Å²) in [6, 6.07) is 25.7. The van der Waals surface area contributed by atoms with Gasteiger partial charge in [0.05, 0.1) is 17.8 Å². The number of aryl methyl sites for hydroxylation is 2. The van der Waals surface area contributed by atoms with Crippen LogP contribution in [-0.4, -0.2) is 32.0 Å². The first-order valence-corrected chi connectivity index (χ1v) is 13.0. The number of rotatable bonds is 7. The summed E-state index contributed by atoms with van der Waals surface area (Å²) in [5.74, 6) is -0.118. The molecule has 188 valence electrons. The number of aromatic nitrogens is 2. The van der Waals surface area contributed by atoms with E-state index in [1.807, 2.05) is 53.4 Å². The van der Waals surface area contributed by atoms with Crippen LogP contribution >= 0.6 is 12.2 Å². The summed E-state index contributed by atoms with van der Waals surface area (Å²) < 4.78 is 2.31. The van der Waals surface area contributed by atoms with Crippen molar-refractivity contribution in [1.82, 2.24) is 19.8 Å². The molecule has 7 heteroatoms. The second-order valence-electron chi connectivity index (χ2n) is 9.31. The zero-order chi connectivity index (χ0) is 25.9. The fraction of sp³-hybridized carbons (Fsp3) is 0.233. The lowest BCUT2D eigenvalue weighted by molar-refractivity contribution is -0.116. The van der Waals surface area contributed by atoms with Crippen molar-refractivity contribution in [3.63, 3.8) is 0 Å². The lowest BCUT2D eigenvalue weighted by Crippen LogP contribution is -2.37. The Kier molecular flexibility index (Phi) is 7.06. The highest BCUT2D eigenvalue weighted by Gasteiger charge is 2.42. The molecule has 2 aromatic heterocycles. The normalized spacial score (nSPS) is 17.1. The monoisotopic (exact) mass is 509 g/mol. The molecule has 3 heterocycles. The van der Waals surface area contributed by atoms with Crippen LogP contribution in [0.1, 0.15) is 47.2 Å². The summed E-state index contributed by atoms with van der Waals surface area (Å²) in [5.41, 5.74) is 7.51. The number of hydrogen-bond donors (Lipinski definition) is 2. The molecule has 37 heavy (non-hydrogen) atoms. The molecule has 1 aliphatic rings. The van der Waals surface area contributed by atoms with Crippen molar-refractivity contribution in [2.45, 2.75) is 39.3 Å². The highest BCUT2D eigenvalue weighted by atomic mass is 32.1. The van der Waals surface area contributed by atoms with Gasteiger partial charge >= 0.3 is 0 Å². The summed E-state index contributed by atoms with van der Waals surface area (Å²) in [6.07, 6.45) is 2.74. The number of para-hydroxylation sites is 2. The predicted octanol–water partition coefficient (Wildman–Crippen LogP) is 5.66. The van der Waals surface area contributed by atoms with E-state index in [1.165, 1.54) is 11.3 Å². The minimum Gasteiger partial charge on any atom is -0.352 e. The third kappa shape index (κ3) is 4.87. The van der Waals surface area contributed by atoms with Crippen molar-refractivity contribution in [3.05, 3.63) is 113 Å². The minimum absolute atomic E-state index is 0.118. The first-order valence-electron chi connectivity index (χ1n) is 12.6. The van der Waals surface area contributed by atoms with E-state index in [-0.39, 0.29) is 24.5 Å². The SMILES string of the molecule is CCc1ccccc1-n1c(C)cc([C@H]2[C@H](c3ccccn3)NC(=S)N2CC(=O)Nc2ccccc2)c1C. The molecule has 0 radical (unpaired) electrons. The third-order valence-corrected chi connectivity index (χ3v) is 7.32. The van der Waals surface area contributed by atoms with Crippen molar-refractivity contribution in [2.24, 2.45) is 0 Å². The minimum atomic E-state index is -0.197. The molecule has 2 N–H and O–H groups in total. The van der Waals surface area contributed by atoms with Crippen LogP contribution < -0.4 is 10.6 Å². The first kappa shape index (κ1) is 24.7. The highest BCUT2D eigenvalue weighted by Crippen LogP contribution is 2.41. The van der Waals surface area contributed by atoms with E-state index in [0.29, 0.717) is 5.11 Å². The van der Waals surface area contributed by atoms with E-state index < -0.39 is 0 Å². The molecule has 0 bridgehead atoms. The average molecular weight is 510 g/mol. The molecule has 0 spiro atoms. The van der Waals surface area contributed by atoms with Gasteiger partial charge in [0.2, 0.25) is 5.91 Å². The quantitative estimate of drug-likeness (QED) is 0.315. The van der Waals surface area contributed by atoms with Gasteiger partial charge in [-0.1, -0.05) is 49.4 Å². The van der Waals surface area contributed by atoms with Crippen molar-refractivity contribution in [2.75, 3.05) is 11.9 Å². The Labute approximate surface area is 223 Å². The number of carbonyl (C=O) groups excluding carboxylic acids is 1. The van der Waals surface area contributed by atoms with Crippen LogP contribution in [0.15, 0.2) is 85.1 Å². The molecule has 1 aliphatic heterocycles. The Morgan fingerprint density at radius 1 is 1.03 bits per heavy atom. The second-order valence-corrected chi connectivity index (χ2v) is 9.70. The topological polar surface area (TPSA) is 62.2 Å². The number of nitrogens with one attached hydrogen (secondary N) is 2. The summed E-state index contributed by atoms with van der Waals surface area (Å²) >= 11 is 5.79. The Balaban J connectivity index is 1.56. The largest absolute Gasteiger partial charge is 0.352 e. The second kappa shape index (κ2) is 10.6. The predicted molar refractivity (Wildman–Crippen MR) is 152 cm³/mol. The van der Waals surface area contributed by atoms with Gasteiger partial charge in [0, 0.05) is 29.0 Å². The summed E-state index contributed by atoms with van der Waals surface area (Å²) in [6.45, 7) is 6.58. The van der Waals surface area contributed by atoms with E-state index in [1.54, 1.807) is 6.20 Å². The maximum absolute atomic E-state index is 13.1. The molecular weight excluding hydrogens is 478 g/mol. The maximum atomic E-state index is 13.1. The van der Waals surface area contributed by atoms with Crippen LogP contribution in [0.2, 0.25) is 0 Å². The number of benzene rings is 2. The molecule has 0 unspecified atom stereocenters. The van der Waals surface area contributed by atoms with Crippen LogP contribution in [0.3, 0.4) is 0 Å². The molecule has 6 nitrogen and oxygen atoms in total. The Morgan fingerprint density at radius 2 is 1.76 bits per heavy atom. The maximum Gasteiger partial charge on any atom is 0.244 e. The van der Waals surface area contributed by atoms with E-state index in [4.69, 9.17) is 12.2 Å².